The van der Waals surface area contributed by atoms with Gasteiger partial charge in [-0.25, -0.2) is 4.68 Å². The number of nitrogens with one attached hydrogen (secondary N) is 2. The summed E-state index contributed by atoms with van der Waals surface area (Å²) in [4.78, 5) is 41.1. The van der Waals surface area contributed by atoms with Crippen LogP contribution in [0.3, 0.4) is 0 Å². The van der Waals surface area contributed by atoms with E-state index in [0.717, 1.165) is 21.3 Å². The van der Waals surface area contributed by atoms with Crippen LogP contribution in [0, 0.1) is 5.92 Å². The zero-order valence-corrected chi connectivity index (χ0v) is 29.9. The number of benzene rings is 4. The summed E-state index contributed by atoms with van der Waals surface area (Å²) in [6.45, 7) is 2.15. The van der Waals surface area contributed by atoms with Gasteiger partial charge in [-0.2, -0.15) is 13.2 Å². The molecule has 0 aliphatic heterocycles. The van der Waals surface area contributed by atoms with Gasteiger partial charge in [-0.05, 0) is 50.7 Å². The molecule has 0 spiro atoms. The first-order chi connectivity index (χ1) is 26.4. The van der Waals surface area contributed by atoms with Gasteiger partial charge in [0.1, 0.15) is 17.8 Å². The highest BCUT2D eigenvalue weighted by atomic mass is 19.4. The van der Waals surface area contributed by atoms with Crippen LogP contribution in [0.15, 0.2) is 138 Å². The van der Waals surface area contributed by atoms with E-state index in [9.17, 15) is 32.7 Å². The van der Waals surface area contributed by atoms with E-state index >= 15 is 0 Å². The Hall–Kier alpha value is -6.41. The number of pyridine rings is 1. The summed E-state index contributed by atoms with van der Waals surface area (Å²) in [6.07, 6.45) is -8.18. The Morgan fingerprint density at radius 2 is 1.25 bits per heavy atom. The molecule has 6 rings (SSSR count). The number of amides is 2. The van der Waals surface area contributed by atoms with Gasteiger partial charge in [0.05, 0.1) is 18.2 Å². The predicted molar refractivity (Wildman–Crippen MR) is 200 cm³/mol. The maximum atomic E-state index is 14.0. The maximum Gasteiger partial charge on any atom is 0.416 e. The number of halogens is 3. The number of carbonyl (C=O) groups excluding carboxylic acids is 2. The molecule has 282 valence electrons. The van der Waals surface area contributed by atoms with Crippen molar-refractivity contribution in [2.75, 3.05) is 5.32 Å². The summed E-state index contributed by atoms with van der Waals surface area (Å²) in [6, 6.07) is 38.6. The van der Waals surface area contributed by atoms with Crippen molar-refractivity contribution in [1.82, 2.24) is 30.1 Å². The van der Waals surface area contributed by atoms with Crippen LogP contribution in [0.2, 0.25) is 0 Å². The lowest BCUT2D eigenvalue weighted by atomic mass is 9.77. The molecule has 6 aromatic rings. The average molecular weight is 750 g/mol. The molecule has 14 heteroatoms. The molecule has 2 aromatic heterocycles. The third-order valence-electron chi connectivity index (χ3n) is 9.29. The van der Waals surface area contributed by atoms with E-state index < -0.39 is 53.7 Å². The molecule has 0 aliphatic rings. The smallest absolute Gasteiger partial charge is 0.382 e. The minimum atomic E-state index is -4.98. The van der Waals surface area contributed by atoms with Gasteiger partial charge in [-0.1, -0.05) is 135 Å². The number of nitrogens with zero attached hydrogens (tertiary/aromatic N) is 5. The van der Waals surface area contributed by atoms with Crippen LogP contribution < -0.4 is 16.2 Å². The normalized spacial score (nSPS) is 12.9. The van der Waals surface area contributed by atoms with Crippen LogP contribution in [0.4, 0.5) is 18.9 Å². The second kappa shape index (κ2) is 16.3. The van der Waals surface area contributed by atoms with Crippen LogP contribution >= 0.6 is 0 Å². The zero-order valence-electron chi connectivity index (χ0n) is 29.9. The predicted octanol–water partition coefficient (Wildman–Crippen LogP) is 5.59. The van der Waals surface area contributed by atoms with E-state index in [2.05, 4.69) is 26.2 Å². The number of alkyl halides is 3. The number of tetrazole rings is 1. The number of anilines is 1. The third kappa shape index (κ3) is 8.09. The summed E-state index contributed by atoms with van der Waals surface area (Å²) in [5.41, 5.74) is 1.19. The Bertz CT molecular complexity index is 2190. The summed E-state index contributed by atoms with van der Waals surface area (Å²) in [7, 11) is 0. The number of aromatic nitrogens is 5. The molecule has 2 amide bonds. The molecule has 2 unspecified atom stereocenters. The van der Waals surface area contributed by atoms with Gasteiger partial charge in [0.25, 0.3) is 5.56 Å². The van der Waals surface area contributed by atoms with Crippen molar-refractivity contribution in [1.29, 1.82) is 0 Å². The van der Waals surface area contributed by atoms with Gasteiger partial charge in [-0.15, -0.1) is 5.10 Å². The highest BCUT2D eigenvalue weighted by molar-refractivity contribution is 5.92. The zero-order chi connectivity index (χ0) is 39.2. The lowest BCUT2D eigenvalue weighted by molar-refractivity contribution is -0.215. The van der Waals surface area contributed by atoms with E-state index in [4.69, 9.17) is 0 Å². The van der Waals surface area contributed by atoms with E-state index in [0.29, 0.717) is 5.56 Å². The quantitative estimate of drug-likeness (QED) is 0.131. The molecular weight excluding hydrogens is 711 g/mol. The molecule has 2 atom stereocenters. The van der Waals surface area contributed by atoms with Crippen LogP contribution in [0.1, 0.15) is 36.4 Å². The Kier molecular flexibility index (Phi) is 11.4. The van der Waals surface area contributed by atoms with Gasteiger partial charge in [0.2, 0.25) is 11.8 Å². The lowest BCUT2D eigenvalue weighted by Gasteiger charge is -2.36. The van der Waals surface area contributed by atoms with Crippen molar-refractivity contribution in [2.24, 2.45) is 5.92 Å². The molecule has 4 aromatic carbocycles. The standard InChI is InChI=1S/C41H38F3N7O4/c1-27(2)37(38(54)41(42,43)44)46-36(53)26-50-33(28-15-7-3-8-16-28)24-23-32(39(50)55)45-35(52)25-34-47-48-49-51(34)40(29-17-9-4-10-18-29,30-19-11-5-12-20-30)31-21-13-6-14-22-31/h3-24,27,37-38,54H,25-26H2,1-2H3,(H,45,52)(H,46,53). The molecule has 0 saturated heterocycles. The molecule has 55 heavy (non-hydrogen) atoms. The minimum Gasteiger partial charge on any atom is -0.382 e. The van der Waals surface area contributed by atoms with Crippen molar-refractivity contribution < 1.29 is 27.9 Å². The number of hydrogen-bond donors (Lipinski definition) is 3. The molecule has 0 saturated carbocycles. The van der Waals surface area contributed by atoms with Crippen LogP contribution in [0.25, 0.3) is 11.3 Å². The number of hydrogen-bond acceptors (Lipinski definition) is 7. The topological polar surface area (TPSA) is 144 Å². The van der Waals surface area contributed by atoms with E-state index in [1.165, 1.54) is 26.0 Å². The molecule has 0 radical (unpaired) electrons. The van der Waals surface area contributed by atoms with Crippen LogP contribution in [-0.4, -0.2) is 60.0 Å². The van der Waals surface area contributed by atoms with Crippen molar-refractivity contribution >= 4 is 17.5 Å². The Morgan fingerprint density at radius 3 is 1.75 bits per heavy atom. The maximum absolute atomic E-state index is 14.0. The second-order valence-corrected chi connectivity index (χ2v) is 13.3. The Morgan fingerprint density at radius 1 is 0.745 bits per heavy atom. The fourth-order valence-corrected chi connectivity index (χ4v) is 6.70. The number of aliphatic hydroxyl groups is 1. The SMILES string of the molecule is CC(C)C(NC(=O)Cn1c(-c2ccccc2)ccc(NC(=O)Cc2nnnn2C(c2ccccc2)(c2ccccc2)c2ccccc2)c1=O)C(O)C(F)(F)F. The number of aliphatic hydroxyl groups excluding tert-OH is 1. The van der Waals surface area contributed by atoms with E-state index in [1.807, 2.05) is 91.0 Å². The second-order valence-electron chi connectivity index (χ2n) is 13.3. The van der Waals surface area contributed by atoms with Gasteiger partial charge in [0, 0.05) is 0 Å². The molecule has 0 aliphatic carbocycles. The van der Waals surface area contributed by atoms with Crippen LogP contribution in [0.5, 0.6) is 0 Å². The molecule has 0 fully saturated rings. The van der Waals surface area contributed by atoms with Gasteiger partial charge in [0.15, 0.2) is 11.9 Å². The Balaban J connectivity index is 1.35. The molecule has 11 nitrogen and oxygen atoms in total. The van der Waals surface area contributed by atoms with E-state index in [1.54, 1.807) is 35.0 Å². The first kappa shape index (κ1) is 38.3. The monoisotopic (exact) mass is 749 g/mol. The summed E-state index contributed by atoms with van der Waals surface area (Å²) in [5, 5.41) is 27.5. The summed E-state index contributed by atoms with van der Waals surface area (Å²) < 4.78 is 43.0. The number of carbonyl (C=O) groups is 2. The van der Waals surface area contributed by atoms with Crippen molar-refractivity contribution in [3.8, 4) is 11.3 Å². The largest absolute Gasteiger partial charge is 0.416 e. The fourth-order valence-electron chi connectivity index (χ4n) is 6.70. The molecule has 0 bridgehead atoms. The Labute approximate surface area is 314 Å². The highest BCUT2D eigenvalue weighted by Gasteiger charge is 2.45. The fraction of sp³-hybridized carbons (Fsp3) is 0.220. The summed E-state index contributed by atoms with van der Waals surface area (Å²) >= 11 is 0. The van der Waals surface area contributed by atoms with Crippen molar-refractivity contribution in [3.63, 3.8) is 0 Å². The van der Waals surface area contributed by atoms with Gasteiger partial charge in [-0.3, -0.25) is 19.0 Å². The first-order valence-electron chi connectivity index (χ1n) is 17.5. The summed E-state index contributed by atoms with van der Waals surface area (Å²) in [5.74, 6) is -2.20. The molecule has 2 heterocycles. The van der Waals surface area contributed by atoms with Crippen molar-refractivity contribution in [2.45, 2.75) is 50.7 Å². The van der Waals surface area contributed by atoms with Gasteiger partial charge < -0.3 is 15.7 Å². The van der Waals surface area contributed by atoms with Crippen molar-refractivity contribution in [3.05, 3.63) is 166 Å². The lowest BCUT2D eigenvalue weighted by Crippen LogP contribution is -2.53. The molecular formula is C41H38F3N7O4. The van der Waals surface area contributed by atoms with Gasteiger partial charge >= 0.3 is 6.18 Å². The first-order valence-corrected chi connectivity index (χ1v) is 17.5. The highest BCUT2D eigenvalue weighted by Crippen LogP contribution is 2.40. The van der Waals surface area contributed by atoms with Crippen LogP contribution in [-0.2, 0) is 28.1 Å². The minimum absolute atomic E-state index is 0.178. The molecule has 3 N–H and O–H groups in total. The van der Waals surface area contributed by atoms with E-state index in [-0.39, 0.29) is 23.6 Å². The third-order valence-corrected chi connectivity index (χ3v) is 9.29. The average Bonchev–Trinajstić information content (AvgIpc) is 3.64. The number of rotatable bonds is 13.